The molecule has 4 rings (SSSR count). The van der Waals surface area contributed by atoms with E-state index in [1.54, 1.807) is 0 Å². The molecule has 0 spiro atoms. The van der Waals surface area contributed by atoms with Crippen molar-refractivity contribution in [2.75, 3.05) is 13.1 Å². The molecule has 0 radical (unpaired) electrons. The smallest absolute Gasteiger partial charge is 0.311 e. The lowest BCUT2D eigenvalue weighted by atomic mass is 9.91. The van der Waals surface area contributed by atoms with Gasteiger partial charge in [0.05, 0.1) is 30.8 Å². The summed E-state index contributed by atoms with van der Waals surface area (Å²) in [7, 11) is 0. The normalized spacial score (nSPS) is 27.8. The molecule has 6 heteroatoms. The van der Waals surface area contributed by atoms with E-state index in [0.29, 0.717) is 26.2 Å². The summed E-state index contributed by atoms with van der Waals surface area (Å²) in [4.78, 5) is 15.0. The number of benzene rings is 2. The van der Waals surface area contributed by atoms with Crippen LogP contribution in [0.1, 0.15) is 38.3 Å². The average Bonchev–Trinajstić information content (AvgIpc) is 3.17. The van der Waals surface area contributed by atoms with Gasteiger partial charge in [-0.15, -0.1) is 0 Å². The van der Waals surface area contributed by atoms with Crippen molar-refractivity contribution in [3.05, 3.63) is 71.8 Å². The largest absolute Gasteiger partial charge is 0.458 e. The number of fused-ring (bicyclic) bond motifs is 1. The number of ether oxygens (including phenoxy) is 3. The topological polar surface area (TPSA) is 68.2 Å². The van der Waals surface area contributed by atoms with Crippen LogP contribution < -0.4 is 0 Å². The predicted molar refractivity (Wildman–Crippen MR) is 125 cm³/mol. The molecule has 2 heterocycles. The minimum atomic E-state index is -0.619. The number of carbonyl (C=O) groups is 1. The molecule has 1 N–H and O–H groups in total. The van der Waals surface area contributed by atoms with Crippen LogP contribution in [0.15, 0.2) is 60.7 Å². The molecule has 2 aromatic rings. The Morgan fingerprint density at radius 2 is 1.48 bits per heavy atom. The summed E-state index contributed by atoms with van der Waals surface area (Å²) in [5.74, 6) is -0.263. The highest BCUT2D eigenvalue weighted by molar-refractivity contribution is 5.75. The van der Waals surface area contributed by atoms with E-state index in [4.69, 9.17) is 14.2 Å². The fourth-order valence-corrected chi connectivity index (χ4v) is 4.59. The summed E-state index contributed by atoms with van der Waals surface area (Å²) >= 11 is 0. The number of piperidine rings is 1. The lowest BCUT2D eigenvalue weighted by Gasteiger charge is -2.46. The zero-order chi connectivity index (χ0) is 23.4. The van der Waals surface area contributed by atoms with Crippen molar-refractivity contribution in [1.82, 2.24) is 4.90 Å². The van der Waals surface area contributed by atoms with Crippen LogP contribution in [0.5, 0.6) is 0 Å². The third-order valence-corrected chi connectivity index (χ3v) is 6.41. The van der Waals surface area contributed by atoms with Crippen molar-refractivity contribution < 1.29 is 24.1 Å². The van der Waals surface area contributed by atoms with Crippen molar-refractivity contribution >= 4 is 5.97 Å². The molecule has 0 aromatic heterocycles. The lowest BCUT2D eigenvalue weighted by molar-refractivity contribution is -0.210. The first-order valence-corrected chi connectivity index (χ1v) is 11.8. The van der Waals surface area contributed by atoms with Gasteiger partial charge < -0.3 is 19.3 Å². The lowest BCUT2D eigenvalue weighted by Crippen LogP contribution is -2.64. The van der Waals surface area contributed by atoms with Gasteiger partial charge in [0.15, 0.2) is 0 Å². The number of nitrogens with zero attached hydrogens (tertiary/aromatic N) is 1. The van der Waals surface area contributed by atoms with Crippen LogP contribution in [0, 0.1) is 5.41 Å². The van der Waals surface area contributed by atoms with E-state index in [1.807, 2.05) is 81.4 Å². The fraction of sp³-hybridized carbons (Fsp3) is 0.519. The summed E-state index contributed by atoms with van der Waals surface area (Å²) < 4.78 is 18.9. The molecule has 2 aliphatic rings. The zero-order valence-electron chi connectivity index (χ0n) is 19.7. The van der Waals surface area contributed by atoms with Gasteiger partial charge in [-0.3, -0.25) is 9.69 Å². The molecule has 2 saturated heterocycles. The van der Waals surface area contributed by atoms with Crippen molar-refractivity contribution in [2.45, 2.75) is 70.9 Å². The van der Waals surface area contributed by atoms with Crippen LogP contribution in [-0.4, -0.2) is 59.5 Å². The summed E-state index contributed by atoms with van der Waals surface area (Å²) in [5.41, 5.74) is 1.47. The van der Waals surface area contributed by atoms with Crippen LogP contribution >= 0.6 is 0 Å². The van der Waals surface area contributed by atoms with Crippen molar-refractivity contribution in [1.29, 1.82) is 0 Å². The van der Waals surface area contributed by atoms with Gasteiger partial charge in [-0.2, -0.15) is 0 Å². The van der Waals surface area contributed by atoms with E-state index in [2.05, 4.69) is 4.90 Å². The maximum atomic E-state index is 12.8. The second-order valence-corrected chi connectivity index (χ2v) is 10.1. The quantitative estimate of drug-likeness (QED) is 0.647. The summed E-state index contributed by atoms with van der Waals surface area (Å²) in [5, 5.41) is 10.8. The average molecular weight is 454 g/mol. The molecule has 33 heavy (non-hydrogen) atoms. The Morgan fingerprint density at radius 1 is 0.939 bits per heavy atom. The number of aliphatic hydroxyl groups excluding tert-OH is 1. The molecule has 0 bridgehead atoms. The number of esters is 1. The molecule has 2 fully saturated rings. The molecule has 2 aliphatic heterocycles. The molecule has 0 unspecified atom stereocenters. The van der Waals surface area contributed by atoms with E-state index in [-0.39, 0.29) is 12.0 Å². The molecule has 0 saturated carbocycles. The van der Waals surface area contributed by atoms with Gasteiger partial charge in [0, 0.05) is 13.1 Å². The Labute approximate surface area is 196 Å². The molecule has 0 amide bonds. The second-order valence-electron chi connectivity index (χ2n) is 10.1. The Bertz CT molecular complexity index is 898. The van der Waals surface area contributed by atoms with Gasteiger partial charge >= 0.3 is 5.97 Å². The third-order valence-electron chi connectivity index (χ3n) is 6.41. The highest BCUT2D eigenvalue weighted by atomic mass is 16.6. The van der Waals surface area contributed by atoms with Gasteiger partial charge in [-0.1, -0.05) is 60.7 Å². The fourth-order valence-electron chi connectivity index (χ4n) is 4.59. The third kappa shape index (κ3) is 5.82. The van der Waals surface area contributed by atoms with Gasteiger partial charge in [-0.05, 0) is 38.3 Å². The number of aliphatic hydroxyl groups is 1. The predicted octanol–water partition coefficient (Wildman–Crippen LogP) is 3.56. The van der Waals surface area contributed by atoms with Crippen molar-refractivity contribution in [3.8, 4) is 0 Å². The van der Waals surface area contributed by atoms with Crippen LogP contribution in [0.2, 0.25) is 0 Å². The van der Waals surface area contributed by atoms with Crippen LogP contribution in [0.4, 0.5) is 0 Å². The minimum Gasteiger partial charge on any atom is -0.458 e. The summed E-state index contributed by atoms with van der Waals surface area (Å²) in [6, 6.07) is 19.7. The first kappa shape index (κ1) is 23.9. The molecule has 0 aliphatic carbocycles. The van der Waals surface area contributed by atoms with Crippen LogP contribution in [0.25, 0.3) is 0 Å². The van der Waals surface area contributed by atoms with E-state index >= 15 is 0 Å². The Hall–Kier alpha value is -2.25. The van der Waals surface area contributed by atoms with E-state index < -0.39 is 29.8 Å². The second kappa shape index (κ2) is 10.3. The number of carbonyl (C=O) groups excluding carboxylic acids is 1. The van der Waals surface area contributed by atoms with Crippen LogP contribution in [0.3, 0.4) is 0 Å². The highest BCUT2D eigenvalue weighted by Crippen LogP contribution is 2.34. The first-order chi connectivity index (χ1) is 15.8. The van der Waals surface area contributed by atoms with E-state index in [0.717, 1.165) is 17.7 Å². The highest BCUT2D eigenvalue weighted by Gasteiger charge is 2.52. The number of hydrogen-bond acceptors (Lipinski definition) is 6. The molecule has 2 aromatic carbocycles. The van der Waals surface area contributed by atoms with Gasteiger partial charge in [-0.25, -0.2) is 0 Å². The number of hydrogen-bond donors (Lipinski definition) is 1. The molecular weight excluding hydrogens is 418 g/mol. The standard InChI is InChI=1S/C27H35NO5/c1-27(2,3)26(30)33-22-16-28-15-14-21(29)23(28)25(32-18-20-12-8-5-9-13-20)24(22)31-17-19-10-6-4-7-11-19/h4-13,21-25,29H,14-18H2,1-3H3/t21-,22-,23+,24+,25+/m0/s1. The summed E-state index contributed by atoms with van der Waals surface area (Å²) in [6.07, 6.45) is -1.25. The number of rotatable bonds is 7. The van der Waals surface area contributed by atoms with Crippen molar-refractivity contribution in [2.24, 2.45) is 5.41 Å². The molecule has 6 nitrogen and oxygen atoms in total. The monoisotopic (exact) mass is 453 g/mol. The molecule has 5 atom stereocenters. The SMILES string of the molecule is CC(C)(C)C(=O)O[C@H]1CN2CC[C@H](O)[C@@H]2[C@@H](OCc2ccccc2)[C@@H]1OCc1ccccc1. The van der Waals surface area contributed by atoms with Gasteiger partial charge in [0.1, 0.15) is 18.3 Å². The maximum absolute atomic E-state index is 12.8. The van der Waals surface area contributed by atoms with Crippen LogP contribution in [-0.2, 0) is 32.2 Å². The zero-order valence-corrected chi connectivity index (χ0v) is 19.7. The Kier molecular flexibility index (Phi) is 7.49. The summed E-state index contributed by atoms with van der Waals surface area (Å²) in [6.45, 7) is 7.59. The van der Waals surface area contributed by atoms with E-state index in [1.165, 1.54) is 0 Å². The minimum absolute atomic E-state index is 0.195. The Balaban J connectivity index is 1.59. The molecular formula is C27H35NO5. The molecule has 178 valence electrons. The first-order valence-electron chi connectivity index (χ1n) is 11.8. The Morgan fingerprint density at radius 3 is 2.03 bits per heavy atom. The maximum Gasteiger partial charge on any atom is 0.311 e. The van der Waals surface area contributed by atoms with E-state index in [9.17, 15) is 9.90 Å². The van der Waals surface area contributed by atoms with Crippen molar-refractivity contribution in [3.63, 3.8) is 0 Å². The van der Waals surface area contributed by atoms with Gasteiger partial charge in [0.25, 0.3) is 0 Å². The van der Waals surface area contributed by atoms with Gasteiger partial charge in [0.2, 0.25) is 0 Å².